The van der Waals surface area contributed by atoms with Crippen LogP contribution in [0.1, 0.15) is 31.1 Å². The third-order valence-electron chi connectivity index (χ3n) is 4.34. The Morgan fingerprint density at radius 3 is 2.33 bits per heavy atom. The minimum Gasteiger partial charge on any atom is -0.386 e. The molecule has 0 radical (unpaired) electrons. The fraction of sp³-hybridized carbons (Fsp3) is 0.263. The SMILES string of the molecule is CCc1ccc(NC(=O)C(=O)NC(C)C(O)c2ccc(F)c(F)c2)cc1S(N)(=O)=O. The van der Waals surface area contributed by atoms with Crippen molar-refractivity contribution in [3.05, 3.63) is 59.2 Å². The molecule has 5 N–H and O–H groups in total. The second kappa shape index (κ2) is 9.28. The second-order valence-corrected chi connectivity index (χ2v) is 8.09. The van der Waals surface area contributed by atoms with Crippen molar-refractivity contribution < 1.29 is 31.9 Å². The van der Waals surface area contributed by atoms with E-state index in [0.717, 1.165) is 24.3 Å². The molecule has 0 aliphatic carbocycles. The Kier molecular flexibility index (Phi) is 7.24. The number of benzene rings is 2. The van der Waals surface area contributed by atoms with Gasteiger partial charge in [0.1, 0.15) is 0 Å². The van der Waals surface area contributed by atoms with Gasteiger partial charge in [0.25, 0.3) is 0 Å². The third-order valence-corrected chi connectivity index (χ3v) is 5.33. The first kappa shape index (κ1) is 23.4. The lowest BCUT2D eigenvalue weighted by molar-refractivity contribution is -0.137. The summed E-state index contributed by atoms with van der Waals surface area (Å²) in [5.74, 6) is -4.50. The number of aryl methyl sites for hydroxylation is 1. The van der Waals surface area contributed by atoms with E-state index in [2.05, 4.69) is 10.6 Å². The van der Waals surface area contributed by atoms with Crippen molar-refractivity contribution >= 4 is 27.5 Å². The second-order valence-electron chi connectivity index (χ2n) is 6.56. The summed E-state index contributed by atoms with van der Waals surface area (Å²) in [6, 6.07) is 5.76. The molecule has 0 aliphatic heterocycles. The molecule has 2 aromatic rings. The molecule has 0 saturated carbocycles. The van der Waals surface area contributed by atoms with E-state index in [0.29, 0.717) is 12.0 Å². The van der Waals surface area contributed by atoms with Gasteiger partial charge in [-0.15, -0.1) is 0 Å². The predicted molar refractivity (Wildman–Crippen MR) is 105 cm³/mol. The van der Waals surface area contributed by atoms with E-state index < -0.39 is 45.6 Å². The van der Waals surface area contributed by atoms with Crippen molar-refractivity contribution in [2.45, 2.75) is 37.3 Å². The number of nitrogens with two attached hydrogens (primary N) is 1. The molecule has 2 amide bonds. The maximum atomic E-state index is 13.3. The van der Waals surface area contributed by atoms with Crippen LogP contribution in [0.3, 0.4) is 0 Å². The Hall–Kier alpha value is -2.89. The third kappa shape index (κ3) is 5.59. The number of sulfonamides is 1. The summed E-state index contributed by atoms with van der Waals surface area (Å²) in [5.41, 5.74) is 0.489. The van der Waals surface area contributed by atoms with Gasteiger partial charge in [0.05, 0.1) is 17.0 Å². The van der Waals surface area contributed by atoms with Crippen molar-refractivity contribution in [2.24, 2.45) is 5.14 Å². The van der Waals surface area contributed by atoms with Crippen LogP contribution in [0.4, 0.5) is 14.5 Å². The fourth-order valence-corrected chi connectivity index (χ4v) is 3.58. The van der Waals surface area contributed by atoms with Gasteiger partial charge in [0.15, 0.2) is 11.6 Å². The van der Waals surface area contributed by atoms with Crippen LogP contribution in [0.2, 0.25) is 0 Å². The van der Waals surface area contributed by atoms with Gasteiger partial charge in [-0.1, -0.05) is 19.1 Å². The highest BCUT2D eigenvalue weighted by molar-refractivity contribution is 7.89. The number of nitrogens with one attached hydrogen (secondary N) is 2. The summed E-state index contributed by atoms with van der Waals surface area (Å²) in [5, 5.41) is 19.8. The molecule has 2 aromatic carbocycles. The molecule has 8 nitrogen and oxygen atoms in total. The molecule has 0 aromatic heterocycles. The van der Waals surface area contributed by atoms with Gasteiger partial charge in [0, 0.05) is 5.69 Å². The van der Waals surface area contributed by atoms with Gasteiger partial charge < -0.3 is 15.7 Å². The monoisotopic (exact) mass is 441 g/mol. The van der Waals surface area contributed by atoms with E-state index in [9.17, 15) is 31.9 Å². The molecule has 0 spiro atoms. The smallest absolute Gasteiger partial charge is 0.313 e. The van der Waals surface area contributed by atoms with Crippen molar-refractivity contribution in [3.63, 3.8) is 0 Å². The van der Waals surface area contributed by atoms with Crippen LogP contribution in [0.15, 0.2) is 41.3 Å². The number of primary sulfonamides is 1. The van der Waals surface area contributed by atoms with Crippen LogP contribution in [-0.4, -0.2) is 31.4 Å². The molecule has 0 heterocycles. The first-order chi connectivity index (χ1) is 13.9. The highest BCUT2D eigenvalue weighted by Crippen LogP contribution is 2.21. The standard InChI is InChI=1S/C19H21F2N3O5S/c1-3-11-4-6-13(9-16(11)30(22,28)29)24-19(27)18(26)23-10(2)17(25)12-5-7-14(20)15(21)8-12/h4-10,17,25H,3H2,1-2H3,(H,23,26)(H,24,27)(H2,22,28,29). The molecule has 0 bridgehead atoms. The zero-order valence-electron chi connectivity index (χ0n) is 16.1. The summed E-state index contributed by atoms with van der Waals surface area (Å²) in [6.07, 6.45) is -1.02. The lowest BCUT2D eigenvalue weighted by Crippen LogP contribution is -2.43. The average molecular weight is 441 g/mol. The lowest BCUT2D eigenvalue weighted by atomic mass is 10.0. The number of carbonyl (C=O) groups is 2. The number of hydrogen-bond acceptors (Lipinski definition) is 5. The molecule has 2 unspecified atom stereocenters. The van der Waals surface area contributed by atoms with Crippen LogP contribution in [0.25, 0.3) is 0 Å². The molecule has 0 saturated heterocycles. The maximum Gasteiger partial charge on any atom is 0.313 e. The molecule has 2 atom stereocenters. The summed E-state index contributed by atoms with van der Waals surface area (Å²) in [7, 11) is -4.03. The molecular weight excluding hydrogens is 420 g/mol. The van der Waals surface area contributed by atoms with Crippen LogP contribution in [0, 0.1) is 11.6 Å². The summed E-state index contributed by atoms with van der Waals surface area (Å²) in [6.45, 7) is 3.10. The molecular formula is C19H21F2N3O5S. The maximum absolute atomic E-state index is 13.3. The molecule has 162 valence electrons. The Bertz CT molecular complexity index is 1080. The van der Waals surface area contributed by atoms with Gasteiger partial charge in [-0.2, -0.15) is 0 Å². The molecule has 30 heavy (non-hydrogen) atoms. The van der Waals surface area contributed by atoms with Crippen LogP contribution in [0.5, 0.6) is 0 Å². The van der Waals surface area contributed by atoms with Crippen molar-refractivity contribution in [3.8, 4) is 0 Å². The largest absolute Gasteiger partial charge is 0.386 e. The first-order valence-electron chi connectivity index (χ1n) is 8.84. The number of anilines is 1. The Labute approximate surface area is 172 Å². The minimum absolute atomic E-state index is 0.00931. The van der Waals surface area contributed by atoms with Crippen molar-refractivity contribution in [1.82, 2.24) is 5.32 Å². The van der Waals surface area contributed by atoms with E-state index in [1.54, 1.807) is 6.92 Å². The number of amides is 2. The quantitative estimate of drug-likeness (QED) is 0.501. The first-order valence-corrected chi connectivity index (χ1v) is 10.4. The zero-order chi connectivity index (χ0) is 22.6. The Morgan fingerprint density at radius 1 is 1.10 bits per heavy atom. The molecule has 2 rings (SSSR count). The summed E-state index contributed by atoms with van der Waals surface area (Å²) in [4.78, 5) is 24.1. The summed E-state index contributed by atoms with van der Waals surface area (Å²) < 4.78 is 49.7. The van der Waals surface area contributed by atoms with Gasteiger partial charge in [-0.3, -0.25) is 9.59 Å². The lowest BCUT2D eigenvalue weighted by Gasteiger charge is -2.20. The van der Waals surface area contributed by atoms with Crippen LogP contribution in [-0.2, 0) is 26.0 Å². The normalized spacial score (nSPS) is 13.4. The average Bonchev–Trinajstić information content (AvgIpc) is 2.68. The number of hydrogen-bond donors (Lipinski definition) is 4. The zero-order valence-corrected chi connectivity index (χ0v) is 17.0. The predicted octanol–water partition coefficient (Wildman–Crippen LogP) is 1.35. The number of rotatable bonds is 6. The molecule has 0 fully saturated rings. The topological polar surface area (TPSA) is 139 Å². The van der Waals surface area contributed by atoms with E-state index in [1.807, 2.05) is 0 Å². The number of halogens is 2. The van der Waals surface area contributed by atoms with Gasteiger partial charge in [0.2, 0.25) is 10.0 Å². The highest BCUT2D eigenvalue weighted by atomic mass is 32.2. The van der Waals surface area contributed by atoms with Crippen molar-refractivity contribution in [1.29, 1.82) is 0 Å². The van der Waals surface area contributed by atoms with E-state index >= 15 is 0 Å². The molecule has 0 aliphatic rings. The van der Waals surface area contributed by atoms with Gasteiger partial charge >= 0.3 is 11.8 Å². The highest BCUT2D eigenvalue weighted by Gasteiger charge is 2.23. The fourth-order valence-electron chi connectivity index (χ4n) is 2.71. The summed E-state index contributed by atoms with van der Waals surface area (Å²) >= 11 is 0. The van der Waals surface area contributed by atoms with E-state index in [4.69, 9.17) is 5.14 Å². The van der Waals surface area contributed by atoms with Gasteiger partial charge in [-0.25, -0.2) is 22.3 Å². The Balaban J connectivity index is 2.09. The number of aliphatic hydroxyl groups excluding tert-OH is 1. The minimum atomic E-state index is -4.03. The van der Waals surface area contributed by atoms with Crippen LogP contribution >= 0.6 is 0 Å². The van der Waals surface area contributed by atoms with Crippen molar-refractivity contribution in [2.75, 3.05) is 5.32 Å². The number of carbonyl (C=O) groups excluding carboxylic acids is 2. The molecule has 11 heteroatoms. The van der Waals surface area contributed by atoms with Gasteiger partial charge in [-0.05, 0) is 48.7 Å². The van der Waals surface area contributed by atoms with E-state index in [1.165, 1.54) is 19.1 Å². The Morgan fingerprint density at radius 2 is 1.77 bits per heavy atom. The number of aliphatic hydroxyl groups is 1. The van der Waals surface area contributed by atoms with Crippen LogP contribution < -0.4 is 15.8 Å². The van der Waals surface area contributed by atoms with E-state index in [-0.39, 0.29) is 16.1 Å².